The maximum absolute atomic E-state index is 13.0. The molecule has 0 spiro atoms. The highest BCUT2D eigenvalue weighted by Gasteiger charge is 2.31. The summed E-state index contributed by atoms with van der Waals surface area (Å²) in [5.74, 6) is -0.226. The average Bonchev–Trinajstić information content (AvgIpc) is 3.43. The van der Waals surface area contributed by atoms with Gasteiger partial charge in [-0.3, -0.25) is 4.79 Å². The van der Waals surface area contributed by atoms with Crippen molar-refractivity contribution in [2.75, 3.05) is 12.4 Å². The molecule has 0 saturated heterocycles. The quantitative estimate of drug-likeness (QED) is 0.260. The molecule has 1 N–H and O–H groups in total. The Morgan fingerprint density at radius 3 is 2.71 bits per heavy atom. The number of para-hydroxylation sites is 2. The van der Waals surface area contributed by atoms with Gasteiger partial charge in [-0.15, -0.1) is 11.3 Å². The van der Waals surface area contributed by atoms with Gasteiger partial charge in [-0.25, -0.2) is 9.78 Å². The summed E-state index contributed by atoms with van der Waals surface area (Å²) in [7, 11) is 1.37. The number of carbonyl (C=O) groups excluding carboxylic acids is 2. The number of fused-ring (bicyclic) bond motifs is 2. The highest BCUT2D eigenvalue weighted by Crippen LogP contribution is 2.43. The molecule has 2 aromatic heterocycles. The van der Waals surface area contributed by atoms with Crippen molar-refractivity contribution in [2.45, 2.75) is 42.6 Å². The van der Waals surface area contributed by atoms with Gasteiger partial charge in [0.2, 0.25) is 5.91 Å². The second-order valence-corrected chi connectivity index (χ2v) is 10.6. The molecule has 1 aliphatic rings. The van der Waals surface area contributed by atoms with E-state index in [0.29, 0.717) is 27.3 Å². The van der Waals surface area contributed by atoms with E-state index in [1.165, 1.54) is 35.8 Å². The molecule has 0 saturated carbocycles. The molecule has 8 heteroatoms. The van der Waals surface area contributed by atoms with Crippen LogP contribution in [0.15, 0.2) is 64.2 Å². The van der Waals surface area contributed by atoms with E-state index in [1.54, 1.807) is 6.92 Å². The summed E-state index contributed by atoms with van der Waals surface area (Å²) in [6.45, 7) is 1.80. The average molecular weight is 493 g/mol. The molecule has 5 rings (SSSR count). The third kappa shape index (κ3) is 4.48. The predicted octanol–water partition coefficient (Wildman–Crippen LogP) is 6.07. The van der Waals surface area contributed by atoms with Crippen molar-refractivity contribution in [3.05, 3.63) is 76.2 Å². The minimum Gasteiger partial charge on any atom is -0.465 e. The minimum absolute atomic E-state index is 0.212. The molecule has 2 heterocycles. The Balaban J connectivity index is 1.35. The molecule has 1 amide bonds. The van der Waals surface area contributed by atoms with Gasteiger partial charge in [-0.2, -0.15) is 0 Å². The number of aromatic nitrogens is 1. The van der Waals surface area contributed by atoms with Gasteiger partial charge in [0.15, 0.2) is 5.58 Å². The smallest absolute Gasteiger partial charge is 0.341 e. The molecular weight excluding hydrogens is 468 g/mol. The Bertz CT molecular complexity index is 1310. The summed E-state index contributed by atoms with van der Waals surface area (Å²) >= 11 is 2.73. The van der Waals surface area contributed by atoms with Crippen LogP contribution in [0.2, 0.25) is 0 Å². The van der Waals surface area contributed by atoms with Crippen LogP contribution in [0.25, 0.3) is 11.1 Å². The lowest BCUT2D eigenvalue weighted by atomic mass is 9.83. The van der Waals surface area contributed by atoms with Crippen molar-refractivity contribution in [2.24, 2.45) is 0 Å². The predicted molar refractivity (Wildman–Crippen MR) is 135 cm³/mol. The Hall–Kier alpha value is -3.10. The highest BCUT2D eigenvalue weighted by atomic mass is 32.2. The van der Waals surface area contributed by atoms with Gasteiger partial charge in [-0.05, 0) is 55.4 Å². The number of oxazole rings is 1. The van der Waals surface area contributed by atoms with E-state index in [-0.39, 0.29) is 5.91 Å². The van der Waals surface area contributed by atoms with E-state index >= 15 is 0 Å². The zero-order chi connectivity index (χ0) is 23.7. The Kier molecular flexibility index (Phi) is 6.43. The van der Waals surface area contributed by atoms with Crippen molar-refractivity contribution >= 4 is 51.1 Å². The number of hydrogen-bond donors (Lipinski definition) is 1. The van der Waals surface area contributed by atoms with E-state index in [2.05, 4.69) is 34.6 Å². The lowest BCUT2D eigenvalue weighted by Gasteiger charge is -2.22. The van der Waals surface area contributed by atoms with Gasteiger partial charge in [0, 0.05) is 4.88 Å². The number of methoxy groups -OCH3 is 1. The Labute approximate surface area is 205 Å². The van der Waals surface area contributed by atoms with Crippen LogP contribution < -0.4 is 5.32 Å². The zero-order valence-electron chi connectivity index (χ0n) is 18.9. The number of benzene rings is 2. The van der Waals surface area contributed by atoms with E-state index in [1.807, 2.05) is 30.3 Å². The van der Waals surface area contributed by atoms with E-state index < -0.39 is 11.2 Å². The summed E-state index contributed by atoms with van der Waals surface area (Å²) in [6.07, 6.45) is 2.57. The number of anilines is 1. The number of hydrogen-bond acceptors (Lipinski definition) is 7. The minimum atomic E-state index is -0.463. The molecule has 34 heavy (non-hydrogen) atoms. The molecule has 2 unspecified atom stereocenters. The highest BCUT2D eigenvalue weighted by molar-refractivity contribution is 8.00. The Morgan fingerprint density at radius 1 is 1.18 bits per heavy atom. The second-order valence-electron chi connectivity index (χ2n) is 8.25. The first-order chi connectivity index (χ1) is 16.5. The van der Waals surface area contributed by atoms with Crippen molar-refractivity contribution < 1.29 is 18.7 Å². The summed E-state index contributed by atoms with van der Waals surface area (Å²) in [4.78, 5) is 31.3. The number of carbonyl (C=O) groups is 2. The molecule has 0 bridgehead atoms. The fourth-order valence-corrected chi connectivity index (χ4v) is 6.40. The summed E-state index contributed by atoms with van der Waals surface area (Å²) < 4.78 is 10.8. The number of thiophene rings is 1. The molecule has 0 fully saturated rings. The number of amides is 1. The lowest BCUT2D eigenvalue weighted by Crippen LogP contribution is -2.23. The van der Waals surface area contributed by atoms with Crippen LogP contribution in [0.5, 0.6) is 0 Å². The number of nitrogens with one attached hydrogen (secondary N) is 1. The first-order valence-corrected chi connectivity index (χ1v) is 12.8. The first-order valence-electron chi connectivity index (χ1n) is 11.1. The molecule has 2 aromatic carbocycles. The van der Waals surface area contributed by atoms with Crippen LogP contribution in [0.4, 0.5) is 5.00 Å². The standard InChI is InChI=1S/C26H24N2O4S2/c1-15(33-26-27-19-10-6-7-11-20(19)32-26)23(29)28-24-22(25(30)31-2)18-13-12-17(14-21(18)34-24)16-8-4-3-5-9-16/h3-11,15,17H,12-14H2,1-2H3,(H,28,29). The van der Waals surface area contributed by atoms with E-state index in [9.17, 15) is 9.59 Å². The molecule has 0 aliphatic heterocycles. The van der Waals surface area contributed by atoms with Gasteiger partial charge in [-0.1, -0.05) is 54.2 Å². The zero-order valence-corrected chi connectivity index (χ0v) is 20.5. The maximum atomic E-state index is 13.0. The monoisotopic (exact) mass is 492 g/mol. The largest absolute Gasteiger partial charge is 0.465 e. The maximum Gasteiger partial charge on any atom is 0.341 e. The normalized spacial score (nSPS) is 16.1. The fourth-order valence-electron chi connectivity index (χ4n) is 4.32. The Morgan fingerprint density at radius 2 is 1.94 bits per heavy atom. The molecule has 4 aromatic rings. The number of rotatable bonds is 6. The van der Waals surface area contributed by atoms with Crippen LogP contribution in [0.3, 0.4) is 0 Å². The van der Waals surface area contributed by atoms with Gasteiger partial charge in [0.25, 0.3) is 5.22 Å². The fraction of sp³-hybridized carbons (Fsp3) is 0.269. The SMILES string of the molecule is COC(=O)c1c(NC(=O)C(C)Sc2nc3ccccc3o2)sc2c1CCC(c1ccccc1)C2. The molecule has 174 valence electrons. The van der Waals surface area contributed by atoms with Crippen LogP contribution in [-0.2, 0) is 22.4 Å². The van der Waals surface area contributed by atoms with Gasteiger partial charge in [0.1, 0.15) is 10.5 Å². The lowest BCUT2D eigenvalue weighted by molar-refractivity contribution is -0.115. The number of esters is 1. The van der Waals surface area contributed by atoms with Crippen molar-refractivity contribution in [1.29, 1.82) is 0 Å². The molecule has 1 aliphatic carbocycles. The van der Waals surface area contributed by atoms with Gasteiger partial charge >= 0.3 is 5.97 Å². The summed E-state index contributed by atoms with van der Waals surface area (Å²) in [5.41, 5.74) is 4.23. The third-order valence-electron chi connectivity index (χ3n) is 6.08. The van der Waals surface area contributed by atoms with Crippen molar-refractivity contribution in [3.63, 3.8) is 0 Å². The molecule has 6 nitrogen and oxygen atoms in total. The summed E-state index contributed by atoms with van der Waals surface area (Å²) in [6, 6.07) is 17.9. The van der Waals surface area contributed by atoms with Crippen LogP contribution in [-0.4, -0.2) is 29.2 Å². The number of thioether (sulfide) groups is 1. The molecular formula is C26H24N2O4S2. The summed E-state index contributed by atoms with van der Waals surface area (Å²) in [5, 5.41) is 3.51. The van der Waals surface area contributed by atoms with Crippen molar-refractivity contribution in [3.8, 4) is 0 Å². The third-order valence-corrected chi connectivity index (χ3v) is 8.20. The van der Waals surface area contributed by atoms with Crippen LogP contribution >= 0.6 is 23.1 Å². The first kappa shape index (κ1) is 22.7. The van der Waals surface area contributed by atoms with Gasteiger partial charge in [0.05, 0.1) is 17.9 Å². The second kappa shape index (κ2) is 9.64. The van der Waals surface area contributed by atoms with Crippen molar-refractivity contribution in [1.82, 2.24) is 4.98 Å². The molecule has 2 atom stereocenters. The van der Waals surface area contributed by atoms with Crippen LogP contribution in [0, 0.1) is 0 Å². The topological polar surface area (TPSA) is 81.4 Å². The molecule has 0 radical (unpaired) electrons. The van der Waals surface area contributed by atoms with E-state index in [4.69, 9.17) is 9.15 Å². The van der Waals surface area contributed by atoms with Gasteiger partial charge < -0.3 is 14.5 Å². The van der Waals surface area contributed by atoms with Crippen LogP contribution in [0.1, 0.15) is 45.6 Å². The van der Waals surface area contributed by atoms with E-state index in [0.717, 1.165) is 35.2 Å². The number of ether oxygens (including phenoxy) is 1. The number of nitrogens with zero attached hydrogens (tertiary/aromatic N) is 1.